The smallest absolute Gasteiger partial charge is 0.212 e. The number of rotatable bonds is 10. The van der Waals surface area contributed by atoms with Gasteiger partial charge in [-0.1, -0.05) is 61.4 Å². The van der Waals surface area contributed by atoms with E-state index in [1.807, 2.05) is 19.1 Å². The van der Waals surface area contributed by atoms with Crippen molar-refractivity contribution in [2.24, 2.45) is 0 Å². The maximum atomic E-state index is 12.4. The topological polar surface area (TPSA) is 102 Å². The van der Waals surface area contributed by atoms with Gasteiger partial charge in [0.25, 0.3) is 0 Å². The second-order valence-electron chi connectivity index (χ2n) is 7.77. The van der Waals surface area contributed by atoms with Crippen molar-refractivity contribution in [1.29, 1.82) is 0 Å². The lowest BCUT2D eigenvalue weighted by Gasteiger charge is -2.24. The Balaban J connectivity index is 0.000000373. The summed E-state index contributed by atoms with van der Waals surface area (Å²) in [6.07, 6.45) is 2.36. The number of aryl methyl sites for hydroxylation is 3. The fraction of sp³-hybridized carbons (Fsp3) is 0.458. The highest BCUT2D eigenvalue weighted by Gasteiger charge is 2.25. The Kier molecular flexibility index (Phi) is 11.9. The Morgan fingerprint density at radius 3 is 1.94 bits per heavy atom. The van der Waals surface area contributed by atoms with Crippen LogP contribution < -0.4 is 15.1 Å². The van der Waals surface area contributed by atoms with E-state index in [9.17, 15) is 14.3 Å². The zero-order chi connectivity index (χ0) is 23.4. The first-order chi connectivity index (χ1) is 14.7. The molecule has 0 saturated heterocycles. The second-order valence-corrected chi connectivity index (χ2v) is 9.79. The lowest BCUT2D eigenvalue weighted by atomic mass is 10.0. The lowest BCUT2D eigenvalue weighted by Crippen LogP contribution is -3.13. The number of unbranched alkanes of at least 4 members (excludes halogenated alkanes) is 1. The van der Waals surface area contributed by atoms with Crippen molar-refractivity contribution in [3.05, 3.63) is 64.7 Å². The van der Waals surface area contributed by atoms with E-state index in [1.165, 1.54) is 29.9 Å². The van der Waals surface area contributed by atoms with Crippen molar-refractivity contribution in [1.82, 2.24) is 0 Å². The Bertz CT molecular complexity index is 841. The van der Waals surface area contributed by atoms with Gasteiger partial charge in [0.2, 0.25) is 5.52 Å². The molecule has 7 heteroatoms. The van der Waals surface area contributed by atoms with Crippen LogP contribution in [0.3, 0.4) is 0 Å². The van der Waals surface area contributed by atoms with Crippen molar-refractivity contribution in [2.45, 2.75) is 40.5 Å². The predicted octanol–water partition coefficient (Wildman–Crippen LogP) is 1.37. The van der Waals surface area contributed by atoms with Crippen LogP contribution in [0.25, 0.3) is 0 Å². The third-order valence-electron chi connectivity index (χ3n) is 5.07. The molecule has 0 saturated carbocycles. The highest BCUT2D eigenvalue weighted by atomic mass is 31.2. The third kappa shape index (κ3) is 8.32. The lowest BCUT2D eigenvalue weighted by molar-refractivity contribution is -0.901. The van der Waals surface area contributed by atoms with E-state index in [2.05, 4.69) is 6.92 Å². The Hall–Kier alpha value is -1.82. The van der Waals surface area contributed by atoms with Crippen molar-refractivity contribution < 1.29 is 29.4 Å². The minimum atomic E-state index is -4.32. The van der Waals surface area contributed by atoms with Crippen LogP contribution in [0.2, 0.25) is 0 Å². The summed E-state index contributed by atoms with van der Waals surface area (Å²) in [4.78, 5) is 26.1. The average molecular weight is 450 g/mol. The van der Waals surface area contributed by atoms with E-state index < -0.39 is 12.9 Å². The Labute approximate surface area is 186 Å². The molecule has 2 aromatic carbocycles. The van der Waals surface area contributed by atoms with Gasteiger partial charge in [0, 0.05) is 10.9 Å². The molecule has 3 N–H and O–H groups in total. The molecule has 0 spiro atoms. The molecule has 0 aliphatic carbocycles. The van der Waals surface area contributed by atoms with Gasteiger partial charge in [0.15, 0.2) is 0 Å². The van der Waals surface area contributed by atoms with Crippen molar-refractivity contribution in [3.63, 3.8) is 0 Å². The van der Waals surface area contributed by atoms with Crippen molar-refractivity contribution >= 4 is 18.2 Å². The second kappa shape index (κ2) is 13.6. The maximum absolute atomic E-state index is 12.4. The number of aliphatic hydroxyl groups is 2. The number of hydrogen-bond acceptors (Lipinski definition) is 5. The molecular formula is C24H36NO5P. The molecule has 31 heavy (non-hydrogen) atoms. The molecular weight excluding hydrogens is 413 g/mol. The molecule has 0 fully saturated rings. The van der Waals surface area contributed by atoms with Crippen molar-refractivity contribution in [3.8, 4) is 0 Å². The number of carbonyl (C=O) groups excluding carboxylic acids is 1. The van der Waals surface area contributed by atoms with Crippen LogP contribution in [0.1, 0.15) is 46.8 Å². The van der Waals surface area contributed by atoms with Crippen LogP contribution in [-0.4, -0.2) is 48.6 Å². The van der Waals surface area contributed by atoms with Crippen LogP contribution in [0.5, 0.6) is 0 Å². The van der Waals surface area contributed by atoms with Gasteiger partial charge in [-0.05, 0) is 38.3 Å². The molecule has 0 aliphatic heterocycles. The molecule has 6 nitrogen and oxygen atoms in total. The highest BCUT2D eigenvalue weighted by molar-refractivity contribution is 7.81. The molecule has 0 amide bonds. The Morgan fingerprint density at radius 1 is 0.968 bits per heavy atom. The maximum Gasteiger partial charge on any atom is 0.212 e. The van der Waals surface area contributed by atoms with Gasteiger partial charge in [-0.3, -0.25) is 4.79 Å². The van der Waals surface area contributed by atoms with Gasteiger partial charge >= 0.3 is 0 Å². The SMILES string of the molecule is CCCC[NH+](CCO)CCO.Cc1cc(C)c(C(=O)P(=O)([O-])c2ccccc2)c(C)c1. The number of nitrogens with one attached hydrogen (secondary N) is 1. The molecule has 0 bridgehead atoms. The van der Waals surface area contributed by atoms with E-state index in [0.717, 1.165) is 25.2 Å². The number of quaternary nitrogens is 1. The summed E-state index contributed by atoms with van der Waals surface area (Å²) in [5.41, 5.74) is 1.88. The zero-order valence-corrected chi connectivity index (χ0v) is 20.0. The summed E-state index contributed by atoms with van der Waals surface area (Å²) in [5, 5.41) is 17.4. The van der Waals surface area contributed by atoms with Crippen LogP contribution >= 0.6 is 7.37 Å². The molecule has 0 aliphatic rings. The number of benzene rings is 2. The van der Waals surface area contributed by atoms with Gasteiger partial charge in [-0.15, -0.1) is 0 Å². The van der Waals surface area contributed by atoms with E-state index in [1.54, 1.807) is 32.0 Å². The molecule has 0 heterocycles. The van der Waals surface area contributed by atoms with E-state index in [4.69, 9.17) is 10.2 Å². The van der Waals surface area contributed by atoms with Gasteiger partial charge in [0.1, 0.15) is 20.5 Å². The zero-order valence-electron chi connectivity index (χ0n) is 19.1. The van der Waals surface area contributed by atoms with Gasteiger partial charge in [-0.25, -0.2) is 0 Å². The molecule has 172 valence electrons. The van der Waals surface area contributed by atoms with E-state index >= 15 is 0 Å². The summed E-state index contributed by atoms with van der Waals surface area (Å²) in [7, 11) is -4.32. The average Bonchev–Trinajstić information content (AvgIpc) is 2.72. The third-order valence-corrected chi connectivity index (χ3v) is 6.81. The number of aliphatic hydroxyl groups excluding tert-OH is 2. The first kappa shape index (κ1) is 27.2. The standard InChI is InChI=1S/C16H17O3P.C8H19NO2/c1-11-9-12(2)15(13(3)10-11)16(17)20(18,19)14-7-5-4-6-8-14;1-2-3-4-9(5-7-10)6-8-11/h4-10H,1-3H3,(H,18,19);10-11H,2-8H2,1H3. The summed E-state index contributed by atoms with van der Waals surface area (Å²) >= 11 is 0. The number of carbonyl (C=O) groups is 1. The minimum absolute atomic E-state index is 0.0596. The highest BCUT2D eigenvalue weighted by Crippen LogP contribution is 2.40. The van der Waals surface area contributed by atoms with Crippen LogP contribution in [0.4, 0.5) is 0 Å². The fourth-order valence-corrected chi connectivity index (χ4v) is 4.97. The molecule has 1 atom stereocenters. The van der Waals surface area contributed by atoms with E-state index in [0.29, 0.717) is 11.1 Å². The largest absolute Gasteiger partial charge is 0.790 e. The summed E-state index contributed by atoms with van der Waals surface area (Å²) in [6, 6.07) is 11.5. The van der Waals surface area contributed by atoms with Gasteiger partial charge in [0.05, 0.1) is 19.8 Å². The van der Waals surface area contributed by atoms with Crippen LogP contribution in [0, 0.1) is 20.8 Å². The summed E-state index contributed by atoms with van der Waals surface area (Å²) < 4.78 is 12.4. The molecule has 1 unspecified atom stereocenters. The Morgan fingerprint density at radius 2 is 1.48 bits per heavy atom. The minimum Gasteiger partial charge on any atom is -0.790 e. The number of hydrogen-bond donors (Lipinski definition) is 3. The van der Waals surface area contributed by atoms with Gasteiger partial charge < -0.3 is 24.6 Å². The van der Waals surface area contributed by atoms with Crippen LogP contribution in [-0.2, 0) is 4.57 Å². The normalized spacial score (nSPS) is 12.8. The molecule has 2 aromatic rings. The molecule has 2 rings (SSSR count). The molecule has 0 radical (unpaired) electrons. The van der Waals surface area contributed by atoms with Gasteiger partial charge in [-0.2, -0.15) is 0 Å². The quantitative estimate of drug-likeness (QED) is 0.476. The van der Waals surface area contributed by atoms with E-state index in [-0.39, 0.29) is 24.1 Å². The first-order valence-electron chi connectivity index (χ1n) is 10.7. The molecule has 0 aromatic heterocycles. The summed E-state index contributed by atoms with van der Waals surface area (Å²) in [6.45, 7) is 10.6. The summed E-state index contributed by atoms with van der Waals surface area (Å²) in [5.74, 6) is 0. The fourth-order valence-electron chi connectivity index (χ4n) is 3.52. The van der Waals surface area contributed by atoms with Crippen molar-refractivity contribution in [2.75, 3.05) is 32.8 Å². The predicted molar refractivity (Wildman–Crippen MR) is 123 cm³/mol. The van der Waals surface area contributed by atoms with Crippen LogP contribution in [0.15, 0.2) is 42.5 Å². The monoisotopic (exact) mass is 449 g/mol. The first-order valence-corrected chi connectivity index (χ1v) is 12.4.